The van der Waals surface area contributed by atoms with Crippen LogP contribution in [0.5, 0.6) is 0 Å². The van der Waals surface area contributed by atoms with E-state index in [9.17, 15) is 9.59 Å². The summed E-state index contributed by atoms with van der Waals surface area (Å²) in [6.45, 7) is 5.11. The van der Waals surface area contributed by atoms with Gasteiger partial charge < -0.3 is 15.5 Å². The highest BCUT2D eigenvalue weighted by molar-refractivity contribution is 5.78. The predicted molar refractivity (Wildman–Crippen MR) is 96.7 cm³/mol. The third-order valence-electron chi connectivity index (χ3n) is 5.81. The smallest absolute Gasteiger partial charge is 0.278 e. The van der Waals surface area contributed by atoms with Crippen LogP contribution in [0.15, 0.2) is 30.3 Å². The third kappa shape index (κ3) is 4.82. The lowest BCUT2D eigenvalue weighted by atomic mass is 9.96. The van der Waals surface area contributed by atoms with Crippen molar-refractivity contribution in [2.45, 2.75) is 45.2 Å². The second-order valence-corrected chi connectivity index (χ2v) is 7.69. The molecule has 1 aromatic carbocycles. The van der Waals surface area contributed by atoms with E-state index in [4.69, 9.17) is 5.73 Å². The highest BCUT2D eigenvalue weighted by atomic mass is 16.2. The zero-order valence-corrected chi connectivity index (χ0v) is 15.1. The van der Waals surface area contributed by atoms with Crippen molar-refractivity contribution < 1.29 is 14.5 Å². The monoisotopic (exact) mass is 344 g/mol. The largest absolute Gasteiger partial charge is 0.369 e. The van der Waals surface area contributed by atoms with E-state index >= 15 is 0 Å². The lowest BCUT2D eigenvalue weighted by molar-refractivity contribution is -0.898. The van der Waals surface area contributed by atoms with Gasteiger partial charge in [0.2, 0.25) is 5.91 Å². The number of nitrogens with zero attached hydrogens (tertiary/aromatic N) is 1. The van der Waals surface area contributed by atoms with Gasteiger partial charge in [0.1, 0.15) is 0 Å². The second-order valence-electron chi connectivity index (χ2n) is 7.69. The first-order valence-corrected chi connectivity index (χ1v) is 9.51. The molecule has 5 nitrogen and oxygen atoms in total. The van der Waals surface area contributed by atoms with E-state index in [1.54, 1.807) is 0 Å². The number of piperidine rings is 1. The maximum Gasteiger partial charge on any atom is 0.278 e. The first-order chi connectivity index (χ1) is 12.0. The zero-order valence-electron chi connectivity index (χ0n) is 15.1. The van der Waals surface area contributed by atoms with E-state index in [0.717, 1.165) is 25.9 Å². The van der Waals surface area contributed by atoms with Gasteiger partial charge in [-0.2, -0.15) is 0 Å². The van der Waals surface area contributed by atoms with Crippen LogP contribution < -0.4 is 10.6 Å². The van der Waals surface area contributed by atoms with Crippen LogP contribution in [-0.2, 0) is 16.1 Å². The minimum atomic E-state index is -0.196. The standard InChI is InChI=1S/C20H29N3O2/c1-15(17-7-8-17)23(13-16-5-3-2-4-6-16)19(24)14-22-11-9-18(10-12-22)20(21)25/h2-6,15,17-18H,7-14H2,1H3,(H2,21,25)/p+1/t15-/m0/s1. The van der Waals surface area contributed by atoms with Gasteiger partial charge in [0.15, 0.2) is 6.54 Å². The van der Waals surface area contributed by atoms with Crippen molar-refractivity contribution in [2.75, 3.05) is 19.6 Å². The molecule has 1 heterocycles. The Morgan fingerprint density at radius 2 is 1.80 bits per heavy atom. The molecule has 0 spiro atoms. The molecule has 2 fully saturated rings. The molecule has 1 saturated heterocycles. The summed E-state index contributed by atoms with van der Waals surface area (Å²) in [5, 5.41) is 0. The fourth-order valence-electron chi connectivity index (χ4n) is 3.88. The highest BCUT2D eigenvalue weighted by Gasteiger charge is 2.36. The average molecular weight is 344 g/mol. The summed E-state index contributed by atoms with van der Waals surface area (Å²) in [7, 11) is 0. The molecule has 0 aromatic heterocycles. The van der Waals surface area contributed by atoms with Gasteiger partial charge in [0.05, 0.1) is 13.1 Å². The fraction of sp³-hybridized carbons (Fsp3) is 0.600. The van der Waals surface area contributed by atoms with E-state index in [-0.39, 0.29) is 17.7 Å². The minimum Gasteiger partial charge on any atom is -0.369 e. The van der Waals surface area contributed by atoms with Crippen molar-refractivity contribution in [2.24, 2.45) is 17.6 Å². The van der Waals surface area contributed by atoms with Crippen molar-refractivity contribution in [3.05, 3.63) is 35.9 Å². The lowest BCUT2D eigenvalue weighted by Crippen LogP contribution is -3.14. The van der Waals surface area contributed by atoms with Crippen LogP contribution in [0.3, 0.4) is 0 Å². The number of quaternary nitrogens is 1. The Morgan fingerprint density at radius 3 is 2.36 bits per heavy atom. The Kier molecular flexibility index (Phi) is 5.74. The third-order valence-corrected chi connectivity index (χ3v) is 5.81. The SMILES string of the molecule is C[C@@H](C1CC1)N(Cc1ccccc1)C(=O)C[NH+]1CCC(C(N)=O)CC1. The Balaban J connectivity index is 1.60. The molecule has 2 aliphatic rings. The van der Waals surface area contributed by atoms with Crippen LogP contribution in [0.25, 0.3) is 0 Å². The maximum absolute atomic E-state index is 13.0. The molecule has 5 heteroatoms. The zero-order chi connectivity index (χ0) is 17.8. The molecular weight excluding hydrogens is 314 g/mol. The number of amides is 2. The number of hydrogen-bond donors (Lipinski definition) is 2. The van der Waals surface area contributed by atoms with Gasteiger partial charge in [-0.15, -0.1) is 0 Å². The van der Waals surface area contributed by atoms with Gasteiger partial charge in [-0.05, 0) is 31.2 Å². The quantitative estimate of drug-likeness (QED) is 0.760. The number of nitrogens with one attached hydrogen (secondary N) is 1. The molecule has 1 saturated carbocycles. The molecule has 25 heavy (non-hydrogen) atoms. The topological polar surface area (TPSA) is 67.8 Å². The average Bonchev–Trinajstić information content (AvgIpc) is 3.45. The Hall–Kier alpha value is -1.88. The van der Waals surface area contributed by atoms with E-state index in [0.29, 0.717) is 25.0 Å². The lowest BCUT2D eigenvalue weighted by Gasteiger charge is -2.33. The summed E-state index contributed by atoms with van der Waals surface area (Å²) in [5.41, 5.74) is 6.59. The maximum atomic E-state index is 13.0. The first kappa shape index (κ1) is 17.9. The van der Waals surface area contributed by atoms with Crippen LogP contribution in [0.2, 0.25) is 0 Å². The molecule has 1 aliphatic heterocycles. The van der Waals surface area contributed by atoms with Crippen LogP contribution in [0, 0.1) is 11.8 Å². The molecule has 0 bridgehead atoms. The van der Waals surface area contributed by atoms with Crippen molar-refractivity contribution >= 4 is 11.8 Å². The summed E-state index contributed by atoms with van der Waals surface area (Å²) < 4.78 is 0. The summed E-state index contributed by atoms with van der Waals surface area (Å²) in [6.07, 6.45) is 4.07. The van der Waals surface area contributed by atoms with Gasteiger partial charge in [0, 0.05) is 31.3 Å². The summed E-state index contributed by atoms with van der Waals surface area (Å²) in [6, 6.07) is 10.5. The summed E-state index contributed by atoms with van der Waals surface area (Å²) >= 11 is 0. The van der Waals surface area contributed by atoms with Gasteiger partial charge in [-0.25, -0.2) is 0 Å². The van der Waals surface area contributed by atoms with Crippen LogP contribution in [0.4, 0.5) is 0 Å². The second kappa shape index (κ2) is 8.00. The Morgan fingerprint density at radius 1 is 1.16 bits per heavy atom. The first-order valence-electron chi connectivity index (χ1n) is 9.51. The van der Waals surface area contributed by atoms with Crippen LogP contribution in [-0.4, -0.2) is 42.4 Å². The van der Waals surface area contributed by atoms with Crippen molar-refractivity contribution in [1.29, 1.82) is 0 Å². The number of nitrogens with two attached hydrogens (primary N) is 1. The van der Waals surface area contributed by atoms with Crippen LogP contribution >= 0.6 is 0 Å². The Bertz CT molecular complexity index is 592. The molecular formula is C20H30N3O2+. The molecule has 1 atom stereocenters. The van der Waals surface area contributed by atoms with Gasteiger partial charge in [-0.1, -0.05) is 30.3 Å². The van der Waals surface area contributed by atoms with E-state index < -0.39 is 0 Å². The number of carbonyl (C=O) groups is 2. The van der Waals surface area contributed by atoms with Gasteiger partial charge in [0.25, 0.3) is 5.91 Å². The number of benzene rings is 1. The molecule has 1 aliphatic carbocycles. The Labute approximate surface area is 150 Å². The van der Waals surface area contributed by atoms with Gasteiger partial charge in [-0.3, -0.25) is 9.59 Å². The molecule has 136 valence electrons. The number of hydrogen-bond acceptors (Lipinski definition) is 2. The summed E-state index contributed by atoms with van der Waals surface area (Å²) in [4.78, 5) is 27.7. The minimum absolute atomic E-state index is 0.00957. The van der Waals surface area contributed by atoms with Crippen LogP contribution in [0.1, 0.15) is 38.2 Å². The normalized spacial score (nSPS) is 24.5. The molecule has 3 rings (SSSR count). The van der Waals surface area contributed by atoms with E-state index in [1.165, 1.54) is 23.3 Å². The highest BCUT2D eigenvalue weighted by Crippen LogP contribution is 2.35. The van der Waals surface area contributed by atoms with Gasteiger partial charge >= 0.3 is 0 Å². The summed E-state index contributed by atoms with van der Waals surface area (Å²) in [5.74, 6) is 0.683. The number of primary amides is 1. The molecule has 0 radical (unpaired) electrons. The number of carbonyl (C=O) groups excluding carboxylic acids is 2. The van der Waals surface area contributed by atoms with Crippen molar-refractivity contribution in [1.82, 2.24) is 4.90 Å². The number of rotatable bonds is 7. The fourth-order valence-corrected chi connectivity index (χ4v) is 3.88. The van der Waals surface area contributed by atoms with E-state index in [1.807, 2.05) is 18.2 Å². The predicted octanol–water partition coefficient (Wildman–Crippen LogP) is 0.594. The van der Waals surface area contributed by atoms with E-state index in [2.05, 4.69) is 24.0 Å². The van der Waals surface area contributed by atoms with Crippen molar-refractivity contribution in [3.8, 4) is 0 Å². The molecule has 2 amide bonds. The number of likely N-dealkylation sites (tertiary alicyclic amines) is 1. The molecule has 3 N–H and O–H groups in total. The molecule has 1 aromatic rings. The van der Waals surface area contributed by atoms with Crippen molar-refractivity contribution in [3.63, 3.8) is 0 Å². The molecule has 0 unspecified atom stereocenters.